The maximum Gasteiger partial charge on any atom is 0.434 e. The molecule has 1 fully saturated rings. The molecular formula is C23H24F3N5O3S2. The molecule has 1 saturated carbocycles. The number of aryl methyl sites for hydroxylation is 2. The smallest absolute Gasteiger partial charge is 0.341 e. The first-order valence-corrected chi connectivity index (χ1v) is 13.4. The van der Waals surface area contributed by atoms with Gasteiger partial charge in [-0.2, -0.15) is 13.2 Å². The standard InChI is InChI=1S/C23H24F3N5O3S2/c1-12-9-14(17-10-27-11-18(28-17)23(24,25)26)5-8-16(12)20(32)30-22(3,4)19-13(2)35-21(29-19)31-36(33,34)15-6-7-15/h5,8-11,15H,6-7H2,1-4H3,(H,29,31)(H,30,32). The second-order valence-electron chi connectivity index (χ2n) is 9.17. The zero-order valence-corrected chi connectivity index (χ0v) is 21.5. The van der Waals surface area contributed by atoms with E-state index in [1.54, 1.807) is 33.8 Å². The number of alkyl halides is 3. The monoisotopic (exact) mass is 539 g/mol. The van der Waals surface area contributed by atoms with Crippen molar-refractivity contribution in [3.63, 3.8) is 0 Å². The number of carbonyl (C=O) groups excluding carboxylic acids is 1. The highest BCUT2D eigenvalue weighted by atomic mass is 32.2. The van der Waals surface area contributed by atoms with Crippen LogP contribution in [0.3, 0.4) is 0 Å². The first-order valence-electron chi connectivity index (χ1n) is 11.0. The Balaban J connectivity index is 1.53. The Kier molecular flexibility index (Phi) is 6.58. The van der Waals surface area contributed by atoms with Crippen LogP contribution in [0, 0.1) is 13.8 Å². The van der Waals surface area contributed by atoms with E-state index in [1.165, 1.54) is 29.7 Å². The van der Waals surface area contributed by atoms with Crippen LogP contribution in [-0.2, 0) is 21.7 Å². The fourth-order valence-electron chi connectivity index (χ4n) is 3.73. The van der Waals surface area contributed by atoms with Crippen molar-refractivity contribution in [1.29, 1.82) is 0 Å². The number of benzene rings is 1. The number of anilines is 1. The van der Waals surface area contributed by atoms with Crippen LogP contribution in [0.4, 0.5) is 18.3 Å². The number of hydrogen-bond donors (Lipinski definition) is 2. The van der Waals surface area contributed by atoms with E-state index in [4.69, 9.17) is 0 Å². The van der Waals surface area contributed by atoms with Crippen molar-refractivity contribution < 1.29 is 26.4 Å². The van der Waals surface area contributed by atoms with Crippen LogP contribution in [0.2, 0.25) is 0 Å². The summed E-state index contributed by atoms with van der Waals surface area (Å²) in [5.74, 6) is -0.410. The first-order chi connectivity index (χ1) is 16.7. The summed E-state index contributed by atoms with van der Waals surface area (Å²) in [6.45, 7) is 6.99. The van der Waals surface area contributed by atoms with E-state index in [9.17, 15) is 26.4 Å². The molecule has 4 rings (SSSR count). The molecule has 2 heterocycles. The van der Waals surface area contributed by atoms with Crippen LogP contribution >= 0.6 is 11.3 Å². The van der Waals surface area contributed by atoms with Crippen molar-refractivity contribution in [3.8, 4) is 11.3 Å². The lowest BCUT2D eigenvalue weighted by Gasteiger charge is -2.26. The third-order valence-corrected chi connectivity index (χ3v) is 8.54. The van der Waals surface area contributed by atoms with Crippen molar-refractivity contribution in [3.05, 3.63) is 58.0 Å². The van der Waals surface area contributed by atoms with E-state index in [0.29, 0.717) is 41.4 Å². The van der Waals surface area contributed by atoms with E-state index < -0.39 is 33.3 Å². The molecule has 192 valence electrons. The fourth-order valence-corrected chi connectivity index (χ4v) is 6.29. The molecule has 36 heavy (non-hydrogen) atoms. The summed E-state index contributed by atoms with van der Waals surface area (Å²) in [5.41, 5.74) is -0.202. The number of nitrogens with zero attached hydrogens (tertiary/aromatic N) is 3. The van der Waals surface area contributed by atoms with Gasteiger partial charge in [-0.15, -0.1) is 11.3 Å². The molecule has 1 aliphatic carbocycles. The Bertz CT molecular complexity index is 1430. The molecule has 1 amide bonds. The average Bonchev–Trinajstić information content (AvgIpc) is 3.57. The minimum atomic E-state index is -4.62. The van der Waals surface area contributed by atoms with Crippen LogP contribution in [-0.4, -0.2) is 34.5 Å². The number of halogens is 3. The lowest BCUT2D eigenvalue weighted by atomic mass is 9.97. The molecule has 1 aliphatic rings. The Morgan fingerprint density at radius 2 is 1.81 bits per heavy atom. The van der Waals surface area contributed by atoms with Crippen LogP contribution in [0.1, 0.15) is 58.9 Å². The summed E-state index contributed by atoms with van der Waals surface area (Å²) in [6.07, 6.45) is -1.47. The molecule has 1 aromatic carbocycles. The number of sulfonamides is 1. The lowest BCUT2D eigenvalue weighted by Crippen LogP contribution is -2.42. The normalized spacial score (nSPS) is 14.5. The third-order valence-electron chi connectivity index (χ3n) is 5.70. The topological polar surface area (TPSA) is 114 Å². The summed E-state index contributed by atoms with van der Waals surface area (Å²) in [7, 11) is -3.46. The minimum absolute atomic E-state index is 0.0412. The number of rotatable bonds is 7. The largest absolute Gasteiger partial charge is 0.434 e. The van der Waals surface area contributed by atoms with Crippen molar-refractivity contribution >= 4 is 32.4 Å². The van der Waals surface area contributed by atoms with E-state index in [-0.39, 0.29) is 16.1 Å². The van der Waals surface area contributed by atoms with E-state index in [0.717, 1.165) is 4.88 Å². The zero-order valence-electron chi connectivity index (χ0n) is 19.9. The van der Waals surface area contributed by atoms with E-state index in [1.807, 2.05) is 0 Å². The van der Waals surface area contributed by atoms with E-state index >= 15 is 0 Å². The molecule has 0 atom stereocenters. The van der Waals surface area contributed by atoms with Gasteiger partial charge < -0.3 is 5.32 Å². The van der Waals surface area contributed by atoms with Gasteiger partial charge in [-0.3, -0.25) is 14.5 Å². The summed E-state index contributed by atoms with van der Waals surface area (Å²) in [5, 5.41) is 2.79. The highest BCUT2D eigenvalue weighted by Crippen LogP contribution is 2.34. The van der Waals surface area contributed by atoms with Gasteiger partial charge in [0, 0.05) is 16.0 Å². The molecule has 3 aromatic rings. The van der Waals surface area contributed by atoms with Gasteiger partial charge in [-0.1, -0.05) is 6.07 Å². The Hall–Kier alpha value is -3.06. The second-order valence-corrected chi connectivity index (χ2v) is 12.3. The highest BCUT2D eigenvalue weighted by Gasteiger charge is 2.37. The SMILES string of the molecule is Cc1cc(-c2cncc(C(F)(F)F)n2)ccc1C(=O)NC(C)(C)c1nc(NS(=O)(=O)C2CC2)sc1C. The molecule has 2 N–H and O–H groups in total. The van der Waals surface area contributed by atoms with Gasteiger partial charge in [0.05, 0.1) is 34.6 Å². The maximum absolute atomic E-state index is 13.1. The van der Waals surface area contributed by atoms with Gasteiger partial charge >= 0.3 is 6.18 Å². The van der Waals surface area contributed by atoms with Crippen molar-refractivity contribution in [2.75, 3.05) is 4.72 Å². The van der Waals surface area contributed by atoms with Gasteiger partial charge in [0.25, 0.3) is 5.91 Å². The van der Waals surface area contributed by atoms with Gasteiger partial charge in [0.2, 0.25) is 10.0 Å². The molecule has 13 heteroatoms. The number of amides is 1. The predicted octanol–water partition coefficient (Wildman–Crippen LogP) is 4.80. The number of nitrogens with one attached hydrogen (secondary N) is 2. The van der Waals surface area contributed by atoms with Crippen LogP contribution in [0.15, 0.2) is 30.6 Å². The Morgan fingerprint density at radius 3 is 2.42 bits per heavy atom. The quantitative estimate of drug-likeness (QED) is 0.446. The molecule has 0 spiro atoms. The van der Waals surface area contributed by atoms with Crippen LogP contribution < -0.4 is 10.0 Å². The molecule has 0 bridgehead atoms. The van der Waals surface area contributed by atoms with Gasteiger partial charge in [0.1, 0.15) is 0 Å². The number of carbonyl (C=O) groups is 1. The zero-order chi connectivity index (χ0) is 26.5. The fraction of sp³-hybridized carbons (Fsp3) is 0.391. The second kappa shape index (κ2) is 9.11. The maximum atomic E-state index is 13.1. The summed E-state index contributed by atoms with van der Waals surface area (Å²) in [4.78, 5) is 25.6. The third kappa shape index (κ3) is 5.51. The highest BCUT2D eigenvalue weighted by molar-refractivity contribution is 7.93. The van der Waals surface area contributed by atoms with Crippen molar-refractivity contribution in [2.45, 2.75) is 57.5 Å². The number of aromatic nitrogens is 3. The summed E-state index contributed by atoms with van der Waals surface area (Å²) >= 11 is 1.20. The summed E-state index contributed by atoms with van der Waals surface area (Å²) < 4.78 is 66.0. The van der Waals surface area contributed by atoms with Crippen molar-refractivity contribution in [1.82, 2.24) is 20.3 Å². The molecular weight excluding hydrogens is 515 g/mol. The van der Waals surface area contributed by atoms with E-state index in [2.05, 4.69) is 25.0 Å². The van der Waals surface area contributed by atoms with Crippen LogP contribution in [0.25, 0.3) is 11.3 Å². The van der Waals surface area contributed by atoms with Gasteiger partial charge in [-0.05, 0) is 58.2 Å². The number of hydrogen-bond acceptors (Lipinski definition) is 7. The molecule has 0 radical (unpaired) electrons. The predicted molar refractivity (Wildman–Crippen MR) is 130 cm³/mol. The minimum Gasteiger partial charge on any atom is -0.341 e. The molecule has 0 unspecified atom stereocenters. The number of thiazole rings is 1. The Labute approximate surface area is 210 Å². The molecule has 0 aliphatic heterocycles. The Morgan fingerprint density at radius 1 is 1.11 bits per heavy atom. The van der Waals surface area contributed by atoms with Crippen LogP contribution in [0.5, 0.6) is 0 Å². The molecule has 0 saturated heterocycles. The average molecular weight is 540 g/mol. The van der Waals surface area contributed by atoms with Gasteiger partial charge in [0.15, 0.2) is 10.8 Å². The molecule has 8 nitrogen and oxygen atoms in total. The first kappa shape index (κ1) is 26.0. The van der Waals surface area contributed by atoms with Gasteiger partial charge in [-0.25, -0.2) is 18.4 Å². The molecule has 2 aromatic heterocycles. The van der Waals surface area contributed by atoms with Crippen molar-refractivity contribution in [2.24, 2.45) is 0 Å². The summed E-state index contributed by atoms with van der Waals surface area (Å²) in [6, 6.07) is 4.60. The lowest BCUT2D eigenvalue weighted by molar-refractivity contribution is -0.141.